The first kappa shape index (κ1) is 17.6. The van der Waals surface area contributed by atoms with E-state index >= 15 is 0 Å². The Morgan fingerprint density at radius 1 is 1.33 bits per heavy atom. The molecular formula is C13H28O4Si. The molecular weight excluding hydrogens is 248 g/mol. The highest BCUT2D eigenvalue weighted by molar-refractivity contribution is 6.74. The molecule has 1 N–H and O–H groups in total. The molecule has 0 aliphatic rings. The van der Waals surface area contributed by atoms with E-state index < -0.39 is 14.4 Å². The van der Waals surface area contributed by atoms with Crippen molar-refractivity contribution in [2.75, 3.05) is 13.2 Å². The van der Waals surface area contributed by atoms with Crippen molar-refractivity contribution in [1.29, 1.82) is 0 Å². The molecule has 5 heteroatoms. The Balaban J connectivity index is 3.97. The molecule has 0 rings (SSSR count). The average molecular weight is 276 g/mol. The summed E-state index contributed by atoms with van der Waals surface area (Å²) in [7, 11) is -1.82. The van der Waals surface area contributed by atoms with E-state index in [1.165, 1.54) is 0 Å². The topological polar surface area (TPSA) is 55.8 Å². The first-order chi connectivity index (χ1) is 8.10. The lowest BCUT2D eigenvalue weighted by Crippen LogP contribution is -2.42. The second-order valence-electron chi connectivity index (χ2n) is 6.07. The van der Waals surface area contributed by atoms with Crippen LogP contribution in [-0.2, 0) is 14.0 Å². The molecule has 0 aliphatic carbocycles. The van der Waals surface area contributed by atoms with Crippen molar-refractivity contribution < 1.29 is 19.1 Å². The quantitative estimate of drug-likeness (QED) is 0.574. The van der Waals surface area contributed by atoms with Crippen LogP contribution in [0.1, 0.15) is 40.5 Å². The van der Waals surface area contributed by atoms with Crippen LogP contribution in [0.4, 0.5) is 0 Å². The number of carbonyl (C=O) groups excluding carboxylic acids is 1. The number of hydrogen-bond acceptors (Lipinski definition) is 4. The lowest BCUT2D eigenvalue weighted by atomic mass is 10.2. The van der Waals surface area contributed by atoms with Gasteiger partial charge in [0.25, 0.3) is 0 Å². The van der Waals surface area contributed by atoms with Crippen LogP contribution >= 0.6 is 0 Å². The van der Waals surface area contributed by atoms with Crippen LogP contribution in [0.15, 0.2) is 0 Å². The highest BCUT2D eigenvalue weighted by atomic mass is 28.4. The van der Waals surface area contributed by atoms with Crippen molar-refractivity contribution in [1.82, 2.24) is 0 Å². The molecule has 0 aromatic heterocycles. The molecule has 0 aromatic rings. The largest absolute Gasteiger partial charge is 0.466 e. The average Bonchev–Trinajstić information content (AvgIpc) is 2.22. The molecule has 0 bridgehead atoms. The maximum Gasteiger partial charge on any atom is 0.305 e. The fraction of sp³-hybridized carbons (Fsp3) is 0.923. The maximum absolute atomic E-state index is 11.1. The smallest absolute Gasteiger partial charge is 0.305 e. The van der Waals surface area contributed by atoms with Crippen molar-refractivity contribution in [3.05, 3.63) is 0 Å². The third-order valence-corrected chi connectivity index (χ3v) is 7.93. The van der Waals surface area contributed by atoms with Crippen molar-refractivity contribution in [3.8, 4) is 0 Å². The minimum Gasteiger partial charge on any atom is -0.466 e. The third-order valence-electron chi connectivity index (χ3n) is 3.43. The summed E-state index contributed by atoms with van der Waals surface area (Å²) in [5.41, 5.74) is 0. The van der Waals surface area contributed by atoms with E-state index in [1.54, 1.807) is 6.92 Å². The van der Waals surface area contributed by atoms with Crippen LogP contribution in [0.2, 0.25) is 18.1 Å². The van der Waals surface area contributed by atoms with Crippen molar-refractivity contribution >= 4 is 14.3 Å². The fourth-order valence-corrected chi connectivity index (χ4v) is 2.16. The summed E-state index contributed by atoms with van der Waals surface area (Å²) in [5.74, 6) is -0.260. The molecule has 0 radical (unpaired) electrons. The van der Waals surface area contributed by atoms with Crippen molar-refractivity contribution in [3.63, 3.8) is 0 Å². The van der Waals surface area contributed by atoms with E-state index in [0.717, 1.165) is 0 Å². The van der Waals surface area contributed by atoms with Gasteiger partial charge < -0.3 is 14.3 Å². The minimum absolute atomic E-state index is 0.133. The predicted octanol–water partition coefficient (Wildman–Crippen LogP) is 2.71. The van der Waals surface area contributed by atoms with Gasteiger partial charge in [0.15, 0.2) is 8.32 Å². The minimum atomic E-state index is -1.82. The highest BCUT2D eigenvalue weighted by Gasteiger charge is 2.37. The van der Waals surface area contributed by atoms with Gasteiger partial charge in [-0.1, -0.05) is 20.8 Å². The van der Waals surface area contributed by atoms with Crippen LogP contribution < -0.4 is 0 Å². The summed E-state index contributed by atoms with van der Waals surface area (Å²) < 4.78 is 10.7. The van der Waals surface area contributed by atoms with Gasteiger partial charge in [0.2, 0.25) is 0 Å². The van der Waals surface area contributed by atoms with Gasteiger partial charge in [-0.15, -0.1) is 0 Å². The van der Waals surface area contributed by atoms with Gasteiger partial charge in [-0.2, -0.15) is 0 Å². The monoisotopic (exact) mass is 276 g/mol. The molecule has 0 fully saturated rings. The van der Waals surface area contributed by atoms with Gasteiger partial charge in [-0.25, -0.2) is 0 Å². The van der Waals surface area contributed by atoms with Crippen LogP contribution in [0.5, 0.6) is 0 Å². The third kappa shape index (κ3) is 6.52. The molecule has 1 atom stereocenters. The number of carbonyl (C=O) groups is 1. The number of rotatable bonds is 7. The summed E-state index contributed by atoms with van der Waals surface area (Å²) >= 11 is 0. The van der Waals surface area contributed by atoms with Crippen LogP contribution in [0.25, 0.3) is 0 Å². The van der Waals surface area contributed by atoms with Crippen LogP contribution in [0, 0.1) is 0 Å². The Morgan fingerprint density at radius 2 is 1.89 bits per heavy atom. The Bertz CT molecular complexity index is 258. The molecule has 0 saturated carbocycles. The SMILES string of the molecule is CCOC(=O)CCC(O)CO[Si](C)(C)C(C)(C)C. The van der Waals surface area contributed by atoms with E-state index in [-0.39, 0.29) is 17.4 Å². The Labute approximate surface area is 112 Å². The molecule has 0 spiro atoms. The second kappa shape index (κ2) is 7.26. The molecule has 0 aromatic carbocycles. The molecule has 108 valence electrons. The van der Waals surface area contributed by atoms with Gasteiger partial charge >= 0.3 is 5.97 Å². The number of aliphatic hydroxyl groups is 1. The summed E-state index contributed by atoms with van der Waals surface area (Å²) in [5, 5.41) is 9.92. The molecule has 1 unspecified atom stereocenters. The molecule has 18 heavy (non-hydrogen) atoms. The molecule has 0 heterocycles. The van der Waals surface area contributed by atoms with Gasteiger partial charge in [0.05, 0.1) is 19.3 Å². The maximum atomic E-state index is 11.1. The zero-order chi connectivity index (χ0) is 14.4. The summed E-state index contributed by atoms with van der Waals surface area (Å²) in [6.07, 6.45) is 0.0482. The Hall–Kier alpha value is -0.393. The first-order valence-corrected chi connectivity index (χ1v) is 9.48. The normalized spacial score (nSPS) is 14.4. The molecule has 4 nitrogen and oxygen atoms in total. The van der Waals surface area contributed by atoms with E-state index in [9.17, 15) is 9.90 Å². The molecule has 0 aliphatic heterocycles. The predicted molar refractivity (Wildman–Crippen MR) is 75.0 cm³/mol. The van der Waals surface area contributed by atoms with Gasteiger partial charge in [-0.3, -0.25) is 4.79 Å². The number of hydrogen-bond donors (Lipinski definition) is 1. The van der Waals surface area contributed by atoms with Gasteiger partial charge in [0, 0.05) is 6.42 Å². The molecule has 0 saturated heterocycles. The Kier molecular flexibility index (Phi) is 7.10. The Morgan fingerprint density at radius 3 is 2.33 bits per heavy atom. The number of ether oxygens (including phenoxy) is 1. The van der Waals surface area contributed by atoms with Crippen LogP contribution in [0.3, 0.4) is 0 Å². The van der Waals surface area contributed by atoms with E-state index in [2.05, 4.69) is 33.9 Å². The summed E-state index contributed by atoms with van der Waals surface area (Å²) in [6, 6.07) is 0. The fourth-order valence-electron chi connectivity index (χ4n) is 1.12. The van der Waals surface area contributed by atoms with Crippen molar-refractivity contribution in [2.24, 2.45) is 0 Å². The molecule has 0 amide bonds. The lowest BCUT2D eigenvalue weighted by Gasteiger charge is -2.36. The second-order valence-corrected chi connectivity index (χ2v) is 10.9. The first-order valence-electron chi connectivity index (χ1n) is 6.58. The number of esters is 1. The number of aliphatic hydroxyl groups excluding tert-OH is 1. The van der Waals surface area contributed by atoms with Crippen LogP contribution in [-0.4, -0.2) is 38.7 Å². The van der Waals surface area contributed by atoms with Gasteiger partial charge in [-0.05, 0) is 31.5 Å². The van der Waals surface area contributed by atoms with E-state index in [4.69, 9.17) is 9.16 Å². The summed E-state index contributed by atoms with van der Waals surface area (Å²) in [4.78, 5) is 11.1. The van der Waals surface area contributed by atoms with Crippen molar-refractivity contribution in [2.45, 2.75) is 64.8 Å². The standard InChI is InChI=1S/C13H28O4Si/c1-7-16-12(15)9-8-11(14)10-17-18(5,6)13(2,3)4/h11,14H,7-10H2,1-6H3. The highest BCUT2D eigenvalue weighted by Crippen LogP contribution is 2.36. The van der Waals surface area contributed by atoms with Gasteiger partial charge in [0.1, 0.15) is 0 Å². The lowest BCUT2D eigenvalue weighted by molar-refractivity contribution is -0.143. The van der Waals surface area contributed by atoms with E-state index in [1.807, 2.05) is 0 Å². The summed E-state index contributed by atoms with van der Waals surface area (Å²) in [6.45, 7) is 13.2. The van der Waals surface area contributed by atoms with E-state index in [0.29, 0.717) is 19.6 Å². The zero-order valence-electron chi connectivity index (χ0n) is 12.6. The zero-order valence-corrected chi connectivity index (χ0v) is 13.6.